The Bertz CT molecular complexity index is 788. The molecule has 0 radical (unpaired) electrons. The molecule has 8 heteroatoms. The van der Waals surface area contributed by atoms with Crippen molar-refractivity contribution in [2.75, 3.05) is 11.5 Å². The van der Waals surface area contributed by atoms with Gasteiger partial charge < -0.3 is 0 Å². The van der Waals surface area contributed by atoms with Crippen LogP contribution in [-0.2, 0) is 14.6 Å². The van der Waals surface area contributed by atoms with Gasteiger partial charge >= 0.3 is 0 Å². The second-order valence-electron chi connectivity index (χ2n) is 5.16. The summed E-state index contributed by atoms with van der Waals surface area (Å²) in [5.41, 5.74) is 0.897. The zero-order valence-electron chi connectivity index (χ0n) is 11.4. The number of benzene rings is 1. The van der Waals surface area contributed by atoms with Gasteiger partial charge in [0, 0.05) is 4.47 Å². The average Bonchev–Trinajstić information content (AvgIpc) is 2.90. The summed E-state index contributed by atoms with van der Waals surface area (Å²) in [5.74, 6) is -0.0692. The molecule has 0 aliphatic carbocycles. The van der Waals surface area contributed by atoms with Crippen LogP contribution in [0.2, 0.25) is 0 Å². The van der Waals surface area contributed by atoms with Crippen molar-refractivity contribution >= 4 is 66.1 Å². The topological polar surface area (TPSA) is 54.5 Å². The van der Waals surface area contributed by atoms with Gasteiger partial charge in [0.2, 0.25) is 0 Å². The van der Waals surface area contributed by atoms with Crippen LogP contribution in [0.1, 0.15) is 12.0 Å². The van der Waals surface area contributed by atoms with E-state index in [1.165, 1.54) is 16.7 Å². The van der Waals surface area contributed by atoms with Crippen molar-refractivity contribution in [1.29, 1.82) is 0 Å². The summed E-state index contributed by atoms with van der Waals surface area (Å²) in [4.78, 5) is 14.5. The van der Waals surface area contributed by atoms with Gasteiger partial charge in [0.15, 0.2) is 9.84 Å². The van der Waals surface area contributed by atoms with E-state index in [1.54, 1.807) is 6.08 Å². The first-order valence-corrected chi connectivity index (χ1v) is 10.4. The van der Waals surface area contributed by atoms with Crippen molar-refractivity contribution in [3.05, 3.63) is 39.2 Å². The van der Waals surface area contributed by atoms with Crippen LogP contribution in [0.5, 0.6) is 0 Å². The number of carbonyl (C=O) groups is 1. The summed E-state index contributed by atoms with van der Waals surface area (Å²) in [6.07, 6.45) is 2.24. The van der Waals surface area contributed by atoms with Crippen molar-refractivity contribution in [2.45, 2.75) is 12.5 Å². The van der Waals surface area contributed by atoms with Crippen LogP contribution in [-0.4, -0.2) is 41.1 Å². The third kappa shape index (κ3) is 3.29. The maximum atomic E-state index is 12.5. The minimum absolute atomic E-state index is 0.00358. The quantitative estimate of drug-likeness (QED) is 0.546. The van der Waals surface area contributed by atoms with Gasteiger partial charge in [-0.2, -0.15) is 0 Å². The molecule has 116 valence electrons. The maximum Gasteiger partial charge on any atom is 0.266 e. The number of halogens is 1. The maximum absolute atomic E-state index is 12.5. The highest BCUT2D eigenvalue weighted by Crippen LogP contribution is 2.36. The molecule has 0 N–H and O–H groups in total. The number of rotatable bonds is 2. The number of hydrogen-bond acceptors (Lipinski definition) is 5. The Labute approximate surface area is 147 Å². The first kappa shape index (κ1) is 16.2. The third-order valence-corrected chi connectivity index (χ3v) is 7.12. The van der Waals surface area contributed by atoms with Crippen LogP contribution >= 0.6 is 39.9 Å². The van der Waals surface area contributed by atoms with Gasteiger partial charge in [-0.25, -0.2) is 8.42 Å². The Balaban J connectivity index is 1.86. The second kappa shape index (κ2) is 6.07. The van der Waals surface area contributed by atoms with E-state index in [0.29, 0.717) is 15.6 Å². The summed E-state index contributed by atoms with van der Waals surface area (Å²) in [6, 6.07) is 7.28. The van der Waals surface area contributed by atoms with Gasteiger partial charge in [0.25, 0.3) is 5.91 Å². The van der Waals surface area contributed by atoms with Gasteiger partial charge in [-0.1, -0.05) is 52.0 Å². The zero-order chi connectivity index (χ0) is 15.9. The molecular formula is C14H12BrNO3S3. The van der Waals surface area contributed by atoms with E-state index in [-0.39, 0.29) is 23.5 Å². The Kier molecular flexibility index (Phi) is 4.46. The summed E-state index contributed by atoms with van der Waals surface area (Å²) >= 11 is 9.89. The molecule has 1 aromatic rings. The van der Waals surface area contributed by atoms with E-state index in [4.69, 9.17) is 12.2 Å². The molecule has 2 aliphatic rings. The molecule has 1 atom stereocenters. The lowest BCUT2D eigenvalue weighted by molar-refractivity contribution is -0.123. The first-order chi connectivity index (χ1) is 10.4. The average molecular weight is 418 g/mol. The monoisotopic (exact) mass is 417 g/mol. The van der Waals surface area contributed by atoms with Crippen molar-refractivity contribution in [3.8, 4) is 0 Å². The molecule has 3 rings (SSSR count). The second-order valence-corrected chi connectivity index (χ2v) is 9.98. The molecule has 1 unspecified atom stereocenters. The number of nitrogens with zero attached hydrogens (tertiary/aromatic N) is 1. The van der Waals surface area contributed by atoms with E-state index >= 15 is 0 Å². The number of thiocarbonyl (C=S) groups is 1. The molecule has 1 amide bonds. The lowest BCUT2D eigenvalue weighted by Crippen LogP contribution is -2.39. The molecule has 0 aromatic heterocycles. The minimum atomic E-state index is -3.05. The van der Waals surface area contributed by atoms with Gasteiger partial charge in [-0.15, -0.1) is 0 Å². The molecule has 0 saturated carbocycles. The van der Waals surface area contributed by atoms with Crippen molar-refractivity contribution < 1.29 is 13.2 Å². The van der Waals surface area contributed by atoms with E-state index in [9.17, 15) is 13.2 Å². The Morgan fingerprint density at radius 3 is 2.82 bits per heavy atom. The highest BCUT2D eigenvalue weighted by Gasteiger charge is 2.42. The van der Waals surface area contributed by atoms with Crippen LogP contribution in [0.15, 0.2) is 33.6 Å². The smallest absolute Gasteiger partial charge is 0.266 e. The number of amides is 1. The number of thioether (sulfide) groups is 1. The minimum Gasteiger partial charge on any atom is -0.289 e. The molecule has 22 heavy (non-hydrogen) atoms. The largest absolute Gasteiger partial charge is 0.289 e. The SMILES string of the molecule is O=C1/C(=C\c2cccc(Br)c2)SC(=S)N1C1CCS(=O)(=O)C1. The van der Waals surface area contributed by atoms with E-state index in [0.717, 1.165) is 10.0 Å². The van der Waals surface area contributed by atoms with Crippen LogP contribution < -0.4 is 0 Å². The molecule has 1 aromatic carbocycles. The molecule has 2 saturated heterocycles. The molecule has 2 aliphatic heterocycles. The van der Waals surface area contributed by atoms with Crippen molar-refractivity contribution in [1.82, 2.24) is 4.90 Å². The number of carbonyl (C=O) groups excluding carboxylic acids is 1. The van der Waals surface area contributed by atoms with Gasteiger partial charge in [0.05, 0.1) is 22.5 Å². The molecule has 0 spiro atoms. The molecule has 0 bridgehead atoms. The lowest BCUT2D eigenvalue weighted by atomic mass is 10.2. The van der Waals surface area contributed by atoms with Crippen LogP contribution in [0.25, 0.3) is 6.08 Å². The predicted molar refractivity (Wildman–Crippen MR) is 96.2 cm³/mol. The zero-order valence-corrected chi connectivity index (χ0v) is 15.4. The fourth-order valence-corrected chi connectivity index (χ4v) is 6.04. The van der Waals surface area contributed by atoms with E-state index in [2.05, 4.69) is 15.9 Å². The normalized spacial score (nSPS) is 26.1. The molecule has 2 heterocycles. The van der Waals surface area contributed by atoms with Crippen LogP contribution in [0.4, 0.5) is 0 Å². The van der Waals surface area contributed by atoms with Gasteiger partial charge in [-0.3, -0.25) is 9.69 Å². The third-order valence-electron chi connectivity index (χ3n) is 3.54. The first-order valence-electron chi connectivity index (χ1n) is 6.59. The molecule has 4 nitrogen and oxygen atoms in total. The summed E-state index contributed by atoms with van der Waals surface area (Å²) in [5, 5.41) is 0. The van der Waals surface area contributed by atoms with E-state index in [1.807, 2.05) is 24.3 Å². The van der Waals surface area contributed by atoms with Crippen molar-refractivity contribution in [2.24, 2.45) is 0 Å². The lowest BCUT2D eigenvalue weighted by Gasteiger charge is -2.20. The molecular weight excluding hydrogens is 406 g/mol. The summed E-state index contributed by atoms with van der Waals surface area (Å²) < 4.78 is 24.6. The standard InChI is InChI=1S/C14H12BrNO3S3/c15-10-3-1-2-9(6-10)7-12-13(17)16(14(20)21-12)11-4-5-22(18,19)8-11/h1-3,6-7,11H,4-5,8H2/b12-7+. The highest BCUT2D eigenvalue weighted by atomic mass is 79.9. The van der Waals surface area contributed by atoms with Crippen molar-refractivity contribution in [3.63, 3.8) is 0 Å². The predicted octanol–water partition coefficient (Wildman–Crippen LogP) is 2.84. The fraction of sp³-hybridized carbons (Fsp3) is 0.286. The Morgan fingerprint density at radius 2 is 2.18 bits per heavy atom. The fourth-order valence-electron chi connectivity index (χ4n) is 2.52. The van der Waals surface area contributed by atoms with Crippen LogP contribution in [0, 0.1) is 0 Å². The van der Waals surface area contributed by atoms with E-state index < -0.39 is 9.84 Å². The summed E-state index contributed by atoms with van der Waals surface area (Å²) in [7, 11) is -3.05. The number of hydrogen-bond donors (Lipinski definition) is 0. The Hall–Kier alpha value is -0.700. The Morgan fingerprint density at radius 1 is 1.41 bits per heavy atom. The summed E-state index contributed by atoms with van der Waals surface area (Å²) in [6.45, 7) is 0. The highest BCUT2D eigenvalue weighted by molar-refractivity contribution is 9.10. The van der Waals surface area contributed by atoms with Gasteiger partial charge in [-0.05, 0) is 30.2 Å². The molecule has 2 fully saturated rings. The van der Waals surface area contributed by atoms with Gasteiger partial charge in [0.1, 0.15) is 4.32 Å². The number of sulfone groups is 1. The van der Waals surface area contributed by atoms with Crippen LogP contribution in [0.3, 0.4) is 0 Å².